The van der Waals surface area contributed by atoms with E-state index < -0.39 is 4.92 Å². The van der Waals surface area contributed by atoms with Gasteiger partial charge in [0, 0.05) is 43.0 Å². The average molecular weight is 290 g/mol. The standard InChI is InChI=1S/C14H18N4O3/c19-14(16-11-2-1-3-13(8-11)18(20)21)17-7-6-10-4-5-12(9-17)15-10/h1-3,8,10,12,15H,4-7,9H2,(H,16,19). The van der Waals surface area contributed by atoms with Crippen molar-refractivity contribution in [3.8, 4) is 0 Å². The molecule has 2 saturated heterocycles. The Kier molecular flexibility index (Phi) is 3.74. The molecule has 7 heteroatoms. The van der Waals surface area contributed by atoms with Crippen LogP contribution in [0.15, 0.2) is 24.3 Å². The van der Waals surface area contributed by atoms with Crippen LogP contribution in [0.4, 0.5) is 16.2 Å². The number of nitro benzene ring substituents is 1. The van der Waals surface area contributed by atoms with Gasteiger partial charge in [-0.2, -0.15) is 0 Å². The molecule has 112 valence electrons. The molecule has 0 saturated carbocycles. The van der Waals surface area contributed by atoms with Gasteiger partial charge in [-0.15, -0.1) is 0 Å². The number of urea groups is 1. The Morgan fingerprint density at radius 3 is 2.95 bits per heavy atom. The van der Waals surface area contributed by atoms with Crippen molar-refractivity contribution in [1.29, 1.82) is 0 Å². The quantitative estimate of drug-likeness (QED) is 0.643. The van der Waals surface area contributed by atoms with Gasteiger partial charge in [-0.05, 0) is 25.3 Å². The van der Waals surface area contributed by atoms with Crippen LogP contribution in [-0.4, -0.2) is 41.0 Å². The number of carbonyl (C=O) groups excluding carboxylic acids is 1. The van der Waals surface area contributed by atoms with Crippen molar-refractivity contribution < 1.29 is 9.72 Å². The van der Waals surface area contributed by atoms with Crippen molar-refractivity contribution in [1.82, 2.24) is 10.2 Å². The zero-order valence-corrected chi connectivity index (χ0v) is 11.6. The number of nitrogens with zero attached hydrogens (tertiary/aromatic N) is 2. The number of benzene rings is 1. The van der Waals surface area contributed by atoms with Crippen LogP contribution < -0.4 is 10.6 Å². The van der Waals surface area contributed by atoms with Gasteiger partial charge in [0.2, 0.25) is 0 Å². The Morgan fingerprint density at radius 2 is 2.14 bits per heavy atom. The van der Waals surface area contributed by atoms with Gasteiger partial charge < -0.3 is 15.5 Å². The second-order valence-electron chi connectivity index (χ2n) is 5.61. The maximum absolute atomic E-state index is 12.3. The van der Waals surface area contributed by atoms with Gasteiger partial charge in [0.05, 0.1) is 4.92 Å². The van der Waals surface area contributed by atoms with Crippen LogP contribution in [0.2, 0.25) is 0 Å². The SMILES string of the molecule is O=C(Nc1cccc([N+](=O)[O-])c1)N1CCC2CCC(C1)N2. The molecule has 21 heavy (non-hydrogen) atoms. The number of non-ortho nitro benzene ring substituents is 1. The molecular formula is C14H18N4O3. The summed E-state index contributed by atoms with van der Waals surface area (Å²) in [5.41, 5.74) is 0.431. The minimum Gasteiger partial charge on any atom is -0.323 e. The van der Waals surface area contributed by atoms with Crippen molar-refractivity contribution in [2.45, 2.75) is 31.3 Å². The zero-order chi connectivity index (χ0) is 14.8. The number of rotatable bonds is 2. The Labute approximate surface area is 122 Å². The fourth-order valence-electron chi connectivity index (χ4n) is 3.03. The summed E-state index contributed by atoms with van der Waals surface area (Å²) in [6.45, 7) is 1.41. The van der Waals surface area contributed by atoms with E-state index in [4.69, 9.17) is 0 Å². The summed E-state index contributed by atoms with van der Waals surface area (Å²) >= 11 is 0. The molecule has 0 aromatic heterocycles. The monoisotopic (exact) mass is 290 g/mol. The molecule has 0 aliphatic carbocycles. The lowest BCUT2D eigenvalue weighted by molar-refractivity contribution is -0.384. The molecule has 0 radical (unpaired) electrons. The van der Waals surface area contributed by atoms with E-state index in [-0.39, 0.29) is 11.7 Å². The number of nitrogens with one attached hydrogen (secondary N) is 2. The molecule has 7 nitrogen and oxygen atoms in total. The zero-order valence-electron chi connectivity index (χ0n) is 11.6. The molecule has 2 aliphatic heterocycles. The first-order valence-electron chi connectivity index (χ1n) is 7.18. The fourth-order valence-corrected chi connectivity index (χ4v) is 3.03. The first kappa shape index (κ1) is 13.8. The summed E-state index contributed by atoms with van der Waals surface area (Å²) in [6, 6.07) is 6.71. The van der Waals surface area contributed by atoms with Gasteiger partial charge in [-0.25, -0.2) is 4.79 Å². The van der Waals surface area contributed by atoms with E-state index in [2.05, 4.69) is 10.6 Å². The number of nitro groups is 1. The van der Waals surface area contributed by atoms with Crippen molar-refractivity contribution in [2.24, 2.45) is 0 Å². The number of carbonyl (C=O) groups is 1. The lowest BCUT2D eigenvalue weighted by Gasteiger charge is -2.24. The summed E-state index contributed by atoms with van der Waals surface area (Å²) in [5.74, 6) is 0. The van der Waals surface area contributed by atoms with E-state index in [1.807, 2.05) is 0 Å². The normalized spacial score (nSPS) is 24.5. The van der Waals surface area contributed by atoms with Crippen molar-refractivity contribution in [2.75, 3.05) is 18.4 Å². The van der Waals surface area contributed by atoms with Crippen LogP contribution in [-0.2, 0) is 0 Å². The number of anilines is 1. The van der Waals surface area contributed by atoms with Crippen LogP contribution in [0.25, 0.3) is 0 Å². The Morgan fingerprint density at radius 1 is 1.33 bits per heavy atom. The van der Waals surface area contributed by atoms with Gasteiger partial charge in [0.15, 0.2) is 0 Å². The number of hydrogen-bond donors (Lipinski definition) is 2. The van der Waals surface area contributed by atoms with Gasteiger partial charge >= 0.3 is 6.03 Å². The highest BCUT2D eigenvalue weighted by Gasteiger charge is 2.31. The van der Waals surface area contributed by atoms with Gasteiger partial charge in [0.1, 0.15) is 0 Å². The highest BCUT2D eigenvalue weighted by atomic mass is 16.6. The summed E-state index contributed by atoms with van der Waals surface area (Å²) in [4.78, 5) is 24.4. The van der Waals surface area contributed by atoms with E-state index in [0.717, 1.165) is 19.4 Å². The molecule has 1 aromatic carbocycles. The molecule has 2 fully saturated rings. The molecule has 2 heterocycles. The minimum atomic E-state index is -0.468. The summed E-state index contributed by atoms with van der Waals surface area (Å²) in [5, 5.41) is 17.0. The average Bonchev–Trinajstić information content (AvgIpc) is 2.78. The predicted octanol–water partition coefficient (Wildman–Crippen LogP) is 1.95. The van der Waals surface area contributed by atoms with E-state index >= 15 is 0 Å². The first-order valence-corrected chi connectivity index (χ1v) is 7.18. The Hall–Kier alpha value is -2.15. The summed E-state index contributed by atoms with van der Waals surface area (Å²) < 4.78 is 0. The second kappa shape index (κ2) is 5.69. The van der Waals surface area contributed by atoms with E-state index in [1.54, 1.807) is 17.0 Å². The highest BCUT2D eigenvalue weighted by molar-refractivity contribution is 5.89. The molecule has 1 aromatic rings. The maximum Gasteiger partial charge on any atom is 0.321 e. The molecule has 2 N–H and O–H groups in total. The van der Waals surface area contributed by atoms with Crippen LogP contribution in [0.5, 0.6) is 0 Å². The molecule has 2 amide bonds. The predicted molar refractivity (Wildman–Crippen MR) is 78.3 cm³/mol. The van der Waals surface area contributed by atoms with Gasteiger partial charge in [-0.1, -0.05) is 6.07 Å². The van der Waals surface area contributed by atoms with Crippen molar-refractivity contribution in [3.05, 3.63) is 34.4 Å². The third-order valence-corrected chi connectivity index (χ3v) is 4.12. The Balaban J connectivity index is 1.65. The summed E-state index contributed by atoms with van der Waals surface area (Å²) in [7, 11) is 0. The topological polar surface area (TPSA) is 87.5 Å². The molecule has 2 bridgehead atoms. The lowest BCUT2D eigenvalue weighted by atomic mass is 10.1. The van der Waals surface area contributed by atoms with Gasteiger partial charge in [0.25, 0.3) is 5.69 Å². The fraction of sp³-hybridized carbons (Fsp3) is 0.500. The number of fused-ring (bicyclic) bond motifs is 2. The van der Waals surface area contributed by atoms with Crippen LogP contribution in [0, 0.1) is 10.1 Å². The number of amides is 2. The van der Waals surface area contributed by atoms with Crippen molar-refractivity contribution in [3.63, 3.8) is 0 Å². The number of likely N-dealkylation sites (tertiary alicyclic amines) is 1. The third-order valence-electron chi connectivity index (χ3n) is 4.12. The molecule has 3 rings (SSSR count). The molecule has 0 spiro atoms. The molecular weight excluding hydrogens is 272 g/mol. The largest absolute Gasteiger partial charge is 0.323 e. The molecule has 2 aliphatic rings. The van der Waals surface area contributed by atoms with Crippen LogP contribution in [0.1, 0.15) is 19.3 Å². The lowest BCUT2D eigenvalue weighted by Crippen LogP contribution is -2.41. The van der Waals surface area contributed by atoms with Crippen LogP contribution >= 0.6 is 0 Å². The third kappa shape index (κ3) is 3.13. The van der Waals surface area contributed by atoms with Crippen LogP contribution in [0.3, 0.4) is 0 Å². The molecule has 2 atom stereocenters. The van der Waals surface area contributed by atoms with Crippen molar-refractivity contribution >= 4 is 17.4 Å². The highest BCUT2D eigenvalue weighted by Crippen LogP contribution is 2.22. The number of hydrogen-bond acceptors (Lipinski definition) is 4. The Bertz CT molecular complexity index is 563. The first-order chi connectivity index (χ1) is 10.1. The second-order valence-corrected chi connectivity index (χ2v) is 5.61. The summed E-state index contributed by atoms with van der Waals surface area (Å²) in [6.07, 6.45) is 3.25. The van der Waals surface area contributed by atoms with E-state index in [9.17, 15) is 14.9 Å². The molecule has 2 unspecified atom stereocenters. The van der Waals surface area contributed by atoms with E-state index in [0.29, 0.717) is 24.3 Å². The smallest absolute Gasteiger partial charge is 0.321 e. The van der Waals surface area contributed by atoms with E-state index in [1.165, 1.54) is 18.6 Å². The minimum absolute atomic E-state index is 0.0237. The van der Waals surface area contributed by atoms with Gasteiger partial charge in [-0.3, -0.25) is 10.1 Å². The maximum atomic E-state index is 12.3.